The van der Waals surface area contributed by atoms with E-state index in [1.165, 1.54) is 25.7 Å². The Morgan fingerprint density at radius 2 is 2.43 bits per heavy atom. The third-order valence-corrected chi connectivity index (χ3v) is 3.08. The summed E-state index contributed by atoms with van der Waals surface area (Å²) >= 11 is 2.12. The average Bonchev–Trinajstić information content (AvgIpc) is 2.41. The van der Waals surface area contributed by atoms with Gasteiger partial charge in [-0.05, 0) is 12.8 Å². The minimum atomic E-state index is 1.04. The summed E-state index contributed by atoms with van der Waals surface area (Å²) in [4.78, 5) is 0. The highest BCUT2D eigenvalue weighted by molar-refractivity contribution is 8.10. The van der Waals surface area contributed by atoms with E-state index >= 15 is 0 Å². The Kier molecular flexibility index (Phi) is 0.857. The van der Waals surface area contributed by atoms with Crippen molar-refractivity contribution in [3.63, 3.8) is 0 Å². The summed E-state index contributed by atoms with van der Waals surface area (Å²) in [6.07, 6.45) is 5.88. The Bertz CT molecular complexity index is 70.2. The van der Waals surface area contributed by atoms with Gasteiger partial charge in [0.15, 0.2) is 0 Å². The predicted molar refractivity (Wildman–Crippen MR) is 33.1 cm³/mol. The fraction of sp³-hybridized carbons (Fsp3) is 0.833. The molecule has 0 bridgehead atoms. The molecule has 1 aliphatic carbocycles. The number of rotatable bonds is 0. The third-order valence-electron chi connectivity index (χ3n) is 1.74. The zero-order valence-corrected chi connectivity index (χ0v) is 5.13. The molecule has 1 heteroatoms. The van der Waals surface area contributed by atoms with E-state index < -0.39 is 0 Å². The van der Waals surface area contributed by atoms with Gasteiger partial charge in [-0.3, -0.25) is 0 Å². The van der Waals surface area contributed by atoms with Crippen LogP contribution in [0.2, 0.25) is 0 Å². The molecule has 1 heterocycles. The van der Waals surface area contributed by atoms with Gasteiger partial charge in [0.2, 0.25) is 0 Å². The zero-order chi connectivity index (χ0) is 4.69. The lowest BCUT2D eigenvalue weighted by Gasteiger charge is -2.02. The second-order valence-electron chi connectivity index (χ2n) is 2.32. The van der Waals surface area contributed by atoms with Crippen molar-refractivity contribution in [3.05, 3.63) is 5.25 Å². The molecule has 1 aliphatic heterocycles. The van der Waals surface area contributed by atoms with Crippen molar-refractivity contribution in [2.24, 2.45) is 0 Å². The minimum Gasteiger partial charge on any atom is -0.148 e. The van der Waals surface area contributed by atoms with Crippen LogP contribution in [-0.4, -0.2) is 5.25 Å². The SMILES string of the molecule is C1CCC2S[C]2C1. The van der Waals surface area contributed by atoms with Crippen molar-refractivity contribution >= 4 is 11.8 Å². The third kappa shape index (κ3) is 0.674. The van der Waals surface area contributed by atoms with Crippen molar-refractivity contribution in [3.8, 4) is 0 Å². The fourth-order valence-corrected chi connectivity index (χ4v) is 2.30. The Hall–Kier alpha value is 0.350. The van der Waals surface area contributed by atoms with Crippen LogP contribution in [0.15, 0.2) is 0 Å². The van der Waals surface area contributed by atoms with E-state index in [4.69, 9.17) is 0 Å². The Labute approximate surface area is 48.7 Å². The molecule has 1 saturated heterocycles. The number of hydrogen-bond acceptors (Lipinski definition) is 1. The van der Waals surface area contributed by atoms with Gasteiger partial charge < -0.3 is 0 Å². The van der Waals surface area contributed by atoms with Crippen LogP contribution in [0, 0.1) is 5.25 Å². The molecule has 2 fully saturated rings. The number of thioether (sulfide) groups is 1. The van der Waals surface area contributed by atoms with E-state index in [1.807, 2.05) is 0 Å². The lowest BCUT2D eigenvalue weighted by Crippen LogP contribution is -1.94. The maximum atomic E-state index is 2.12. The van der Waals surface area contributed by atoms with E-state index in [0.29, 0.717) is 0 Å². The van der Waals surface area contributed by atoms with E-state index in [1.54, 1.807) is 5.25 Å². The van der Waals surface area contributed by atoms with Gasteiger partial charge in [-0.1, -0.05) is 12.8 Å². The van der Waals surface area contributed by atoms with Gasteiger partial charge >= 0.3 is 0 Å². The molecule has 1 radical (unpaired) electrons. The number of fused-ring (bicyclic) bond motifs is 1. The summed E-state index contributed by atoms with van der Waals surface area (Å²) in [7, 11) is 0. The van der Waals surface area contributed by atoms with Gasteiger partial charge in [-0.25, -0.2) is 0 Å². The Balaban J connectivity index is 1.95. The van der Waals surface area contributed by atoms with Crippen LogP contribution in [0.4, 0.5) is 0 Å². The van der Waals surface area contributed by atoms with Crippen molar-refractivity contribution in [2.75, 3.05) is 0 Å². The predicted octanol–water partition coefficient (Wildman–Crippen LogP) is 2.21. The molecule has 2 aliphatic rings. The average molecular weight is 113 g/mol. The summed E-state index contributed by atoms with van der Waals surface area (Å²) < 4.78 is 0. The summed E-state index contributed by atoms with van der Waals surface area (Å²) in [6, 6.07) is 0. The summed E-state index contributed by atoms with van der Waals surface area (Å²) in [5.41, 5.74) is 0. The lowest BCUT2D eigenvalue weighted by atomic mass is 10.0. The van der Waals surface area contributed by atoms with Crippen LogP contribution < -0.4 is 0 Å². The van der Waals surface area contributed by atoms with Gasteiger partial charge in [0.1, 0.15) is 0 Å². The van der Waals surface area contributed by atoms with Crippen LogP contribution >= 0.6 is 11.8 Å². The smallest absolute Gasteiger partial charge is 0.0439 e. The first-order valence-corrected chi connectivity index (χ1v) is 3.87. The van der Waals surface area contributed by atoms with Gasteiger partial charge in [-0.15, -0.1) is 11.8 Å². The Morgan fingerprint density at radius 1 is 1.43 bits per heavy atom. The molecule has 0 aromatic carbocycles. The standard InChI is InChI=1S/C6H9S/c1-2-4-6-5(3-1)7-6/h5H,1-4H2. The lowest BCUT2D eigenvalue weighted by molar-refractivity contribution is 0.622. The molecule has 7 heavy (non-hydrogen) atoms. The maximum absolute atomic E-state index is 2.12. The van der Waals surface area contributed by atoms with E-state index in [0.717, 1.165) is 5.25 Å². The van der Waals surface area contributed by atoms with Crippen LogP contribution in [0.1, 0.15) is 25.7 Å². The molecule has 0 amide bonds. The molecule has 2 rings (SSSR count). The summed E-state index contributed by atoms with van der Waals surface area (Å²) in [5, 5.41) is 2.83. The molecule has 0 aromatic heterocycles. The van der Waals surface area contributed by atoms with Crippen molar-refractivity contribution in [1.29, 1.82) is 0 Å². The molecule has 1 saturated carbocycles. The maximum Gasteiger partial charge on any atom is 0.0439 e. The number of hydrogen-bond donors (Lipinski definition) is 0. The fourth-order valence-electron chi connectivity index (χ4n) is 1.22. The summed E-state index contributed by atoms with van der Waals surface area (Å²) in [5.74, 6) is 0. The normalized spacial score (nSPS) is 40.3. The van der Waals surface area contributed by atoms with Crippen LogP contribution in [0.5, 0.6) is 0 Å². The zero-order valence-electron chi connectivity index (χ0n) is 4.31. The van der Waals surface area contributed by atoms with E-state index in [-0.39, 0.29) is 0 Å². The van der Waals surface area contributed by atoms with Gasteiger partial charge in [-0.2, -0.15) is 0 Å². The Morgan fingerprint density at radius 3 is 3.00 bits per heavy atom. The van der Waals surface area contributed by atoms with Crippen molar-refractivity contribution in [2.45, 2.75) is 30.9 Å². The summed E-state index contributed by atoms with van der Waals surface area (Å²) in [6.45, 7) is 0. The quantitative estimate of drug-likeness (QED) is 0.434. The van der Waals surface area contributed by atoms with E-state index in [2.05, 4.69) is 11.8 Å². The van der Waals surface area contributed by atoms with Gasteiger partial charge in [0, 0.05) is 10.5 Å². The topological polar surface area (TPSA) is 0 Å². The van der Waals surface area contributed by atoms with E-state index in [9.17, 15) is 0 Å². The molecular formula is C6H9S. The van der Waals surface area contributed by atoms with Crippen LogP contribution in [0.3, 0.4) is 0 Å². The second kappa shape index (κ2) is 1.41. The first-order chi connectivity index (χ1) is 3.47. The highest BCUT2D eigenvalue weighted by Gasteiger charge is 2.40. The molecule has 0 aromatic rings. The largest absolute Gasteiger partial charge is 0.148 e. The van der Waals surface area contributed by atoms with Crippen LogP contribution in [-0.2, 0) is 0 Å². The second-order valence-corrected chi connectivity index (χ2v) is 3.65. The molecule has 0 N–H and O–H groups in total. The molecule has 39 valence electrons. The molecular weight excluding hydrogens is 104 g/mol. The molecule has 0 spiro atoms. The van der Waals surface area contributed by atoms with Crippen molar-refractivity contribution < 1.29 is 0 Å². The first-order valence-electron chi connectivity index (χ1n) is 2.99. The highest BCUT2D eigenvalue weighted by Crippen LogP contribution is 2.57. The van der Waals surface area contributed by atoms with Crippen LogP contribution in [0.25, 0.3) is 0 Å². The highest BCUT2D eigenvalue weighted by atomic mass is 32.2. The molecule has 0 nitrogen and oxygen atoms in total. The monoisotopic (exact) mass is 113 g/mol. The first kappa shape index (κ1) is 4.25. The van der Waals surface area contributed by atoms with Gasteiger partial charge in [0.25, 0.3) is 0 Å². The van der Waals surface area contributed by atoms with Crippen molar-refractivity contribution in [1.82, 2.24) is 0 Å². The molecule has 1 unspecified atom stereocenters. The minimum absolute atomic E-state index is 1.04. The molecule has 1 atom stereocenters. The van der Waals surface area contributed by atoms with Gasteiger partial charge in [0.05, 0.1) is 0 Å².